The van der Waals surface area contributed by atoms with Gasteiger partial charge < -0.3 is 0 Å². The fourth-order valence-corrected chi connectivity index (χ4v) is 5.17. The van der Waals surface area contributed by atoms with Crippen molar-refractivity contribution in [1.29, 1.82) is 0 Å². The van der Waals surface area contributed by atoms with E-state index >= 15 is 0 Å². The van der Waals surface area contributed by atoms with Gasteiger partial charge in [0.1, 0.15) is 4.90 Å². The molecule has 0 radical (unpaired) electrons. The highest BCUT2D eigenvalue weighted by molar-refractivity contribution is 7.86. The molecule has 0 aliphatic heterocycles. The SMILES string of the molecule is CCCCCCCCCCCCc1ccc(C)c(S(=O)(=O)O)c1Cc1ccccc1. The summed E-state index contributed by atoms with van der Waals surface area (Å²) >= 11 is 0. The van der Waals surface area contributed by atoms with E-state index in [9.17, 15) is 13.0 Å². The van der Waals surface area contributed by atoms with Gasteiger partial charge in [0, 0.05) is 0 Å². The normalized spacial score (nSPS) is 11.7. The molecule has 0 saturated heterocycles. The highest BCUT2D eigenvalue weighted by Crippen LogP contribution is 2.28. The van der Waals surface area contributed by atoms with Crippen LogP contribution in [0.3, 0.4) is 0 Å². The molecule has 1 N–H and O–H groups in total. The first-order valence-corrected chi connectivity index (χ1v) is 13.0. The molecule has 0 aliphatic carbocycles. The molecule has 0 aromatic heterocycles. The zero-order valence-electron chi connectivity index (χ0n) is 18.7. The van der Waals surface area contributed by atoms with Gasteiger partial charge in [0.05, 0.1) is 0 Å². The van der Waals surface area contributed by atoms with E-state index in [0.29, 0.717) is 12.0 Å². The van der Waals surface area contributed by atoms with Crippen molar-refractivity contribution >= 4 is 10.1 Å². The third-order valence-corrected chi connectivity index (χ3v) is 6.92. The van der Waals surface area contributed by atoms with Gasteiger partial charge in [0.2, 0.25) is 0 Å². The first-order chi connectivity index (χ1) is 14.4. The Kier molecular flexibility index (Phi) is 10.6. The Morgan fingerprint density at radius 3 is 1.90 bits per heavy atom. The van der Waals surface area contributed by atoms with Gasteiger partial charge in [-0.3, -0.25) is 4.55 Å². The lowest BCUT2D eigenvalue weighted by atomic mass is 9.94. The Morgan fingerprint density at radius 2 is 1.33 bits per heavy atom. The Balaban J connectivity index is 1.97. The molecule has 0 spiro atoms. The van der Waals surface area contributed by atoms with Crippen molar-refractivity contribution in [2.75, 3.05) is 0 Å². The number of benzene rings is 2. The molecule has 0 amide bonds. The summed E-state index contributed by atoms with van der Waals surface area (Å²) in [6.07, 6.45) is 14.1. The van der Waals surface area contributed by atoms with Crippen molar-refractivity contribution in [2.24, 2.45) is 0 Å². The van der Waals surface area contributed by atoms with Crippen molar-refractivity contribution in [3.05, 3.63) is 64.7 Å². The minimum absolute atomic E-state index is 0.0935. The van der Waals surface area contributed by atoms with Crippen LogP contribution in [0, 0.1) is 6.92 Å². The molecule has 4 heteroatoms. The molecule has 2 rings (SSSR count). The molecule has 0 atom stereocenters. The molecule has 2 aromatic carbocycles. The average molecular weight is 431 g/mol. The summed E-state index contributed by atoms with van der Waals surface area (Å²) < 4.78 is 34.1. The average Bonchev–Trinajstić information content (AvgIpc) is 2.70. The second-order valence-corrected chi connectivity index (χ2v) is 9.78. The van der Waals surface area contributed by atoms with Crippen molar-refractivity contribution < 1.29 is 13.0 Å². The Labute approximate surface area is 183 Å². The summed E-state index contributed by atoms with van der Waals surface area (Å²) in [5, 5.41) is 0. The summed E-state index contributed by atoms with van der Waals surface area (Å²) in [5.74, 6) is 0. The van der Waals surface area contributed by atoms with Gasteiger partial charge in [-0.15, -0.1) is 0 Å². The summed E-state index contributed by atoms with van der Waals surface area (Å²) in [6.45, 7) is 4.00. The van der Waals surface area contributed by atoms with Crippen LogP contribution in [0.25, 0.3) is 0 Å². The summed E-state index contributed by atoms with van der Waals surface area (Å²) in [5.41, 5.74) is 3.45. The quantitative estimate of drug-likeness (QED) is 0.253. The lowest BCUT2D eigenvalue weighted by Crippen LogP contribution is -2.10. The smallest absolute Gasteiger partial charge is 0.282 e. The van der Waals surface area contributed by atoms with Gasteiger partial charge in [-0.1, -0.05) is 107 Å². The van der Waals surface area contributed by atoms with E-state index in [-0.39, 0.29) is 4.90 Å². The molecule has 3 nitrogen and oxygen atoms in total. The molecule has 0 fully saturated rings. The third kappa shape index (κ3) is 8.23. The molecule has 0 bridgehead atoms. The van der Waals surface area contributed by atoms with Crippen LogP contribution in [0.5, 0.6) is 0 Å². The van der Waals surface area contributed by atoms with Crippen LogP contribution in [0.15, 0.2) is 47.4 Å². The molecular formula is C26H38O3S. The Bertz CT molecular complexity index is 857. The predicted molar refractivity (Wildman–Crippen MR) is 126 cm³/mol. The highest BCUT2D eigenvalue weighted by atomic mass is 32.2. The van der Waals surface area contributed by atoms with Crippen molar-refractivity contribution in [1.82, 2.24) is 0 Å². The van der Waals surface area contributed by atoms with E-state index in [0.717, 1.165) is 36.0 Å². The van der Waals surface area contributed by atoms with Crippen molar-refractivity contribution in [3.63, 3.8) is 0 Å². The minimum Gasteiger partial charge on any atom is -0.282 e. The molecule has 0 heterocycles. The first-order valence-electron chi connectivity index (χ1n) is 11.6. The van der Waals surface area contributed by atoms with E-state index < -0.39 is 10.1 Å². The van der Waals surface area contributed by atoms with Gasteiger partial charge in [0.25, 0.3) is 10.1 Å². The topological polar surface area (TPSA) is 54.4 Å². The second-order valence-electron chi connectivity index (χ2n) is 8.42. The standard InChI is InChI=1S/C26H38O3S/c1-3-4-5-6-7-8-9-10-11-15-18-24-20-19-22(2)26(30(27,28)29)25(24)21-23-16-13-12-14-17-23/h12-14,16-17,19-20H,3-11,15,18,21H2,1-2H3,(H,27,28,29). The van der Waals surface area contributed by atoms with Gasteiger partial charge in [0.15, 0.2) is 0 Å². The largest absolute Gasteiger partial charge is 0.295 e. The van der Waals surface area contributed by atoms with Crippen LogP contribution in [-0.4, -0.2) is 13.0 Å². The molecule has 0 aliphatic rings. The summed E-state index contributed by atoms with van der Waals surface area (Å²) in [4.78, 5) is 0.0935. The maximum atomic E-state index is 12.1. The van der Waals surface area contributed by atoms with E-state index in [1.165, 1.54) is 51.4 Å². The van der Waals surface area contributed by atoms with Crippen LogP contribution >= 0.6 is 0 Å². The van der Waals surface area contributed by atoms with E-state index in [2.05, 4.69) is 6.92 Å². The van der Waals surface area contributed by atoms with Crippen LogP contribution in [0.1, 0.15) is 93.4 Å². The van der Waals surface area contributed by atoms with Crippen molar-refractivity contribution in [3.8, 4) is 0 Å². The highest BCUT2D eigenvalue weighted by Gasteiger charge is 2.21. The van der Waals surface area contributed by atoms with Crippen LogP contribution in [0.2, 0.25) is 0 Å². The summed E-state index contributed by atoms with van der Waals surface area (Å²) in [6, 6.07) is 13.7. The molecule has 2 aromatic rings. The maximum absolute atomic E-state index is 12.1. The molecule has 30 heavy (non-hydrogen) atoms. The Morgan fingerprint density at radius 1 is 0.767 bits per heavy atom. The number of hydrogen-bond acceptors (Lipinski definition) is 2. The minimum atomic E-state index is -4.26. The lowest BCUT2D eigenvalue weighted by Gasteiger charge is -2.16. The van der Waals surface area contributed by atoms with E-state index in [4.69, 9.17) is 0 Å². The number of aryl methyl sites for hydroxylation is 2. The van der Waals surface area contributed by atoms with Gasteiger partial charge >= 0.3 is 0 Å². The van der Waals surface area contributed by atoms with Gasteiger partial charge in [-0.2, -0.15) is 8.42 Å². The van der Waals surface area contributed by atoms with Crippen molar-refractivity contribution in [2.45, 2.75) is 95.8 Å². The fraction of sp³-hybridized carbons (Fsp3) is 0.538. The first kappa shape index (κ1) is 24.6. The van der Waals surface area contributed by atoms with E-state index in [1.807, 2.05) is 42.5 Å². The van der Waals surface area contributed by atoms with E-state index in [1.54, 1.807) is 6.92 Å². The zero-order valence-corrected chi connectivity index (χ0v) is 19.5. The molecule has 0 unspecified atom stereocenters. The van der Waals surface area contributed by atoms with Crippen LogP contribution in [0.4, 0.5) is 0 Å². The summed E-state index contributed by atoms with van der Waals surface area (Å²) in [7, 11) is -4.26. The number of unbranched alkanes of at least 4 members (excludes halogenated alkanes) is 9. The van der Waals surface area contributed by atoms with Crippen LogP contribution in [-0.2, 0) is 23.0 Å². The maximum Gasteiger partial charge on any atom is 0.295 e. The van der Waals surface area contributed by atoms with Crippen LogP contribution < -0.4 is 0 Å². The molecule has 166 valence electrons. The Hall–Kier alpha value is -1.65. The lowest BCUT2D eigenvalue weighted by molar-refractivity contribution is 0.481. The fourth-order valence-electron chi connectivity index (χ4n) is 4.18. The third-order valence-electron chi connectivity index (χ3n) is 5.84. The number of rotatable bonds is 14. The molecular weight excluding hydrogens is 392 g/mol. The van der Waals surface area contributed by atoms with Gasteiger partial charge in [-0.25, -0.2) is 0 Å². The monoisotopic (exact) mass is 430 g/mol. The predicted octanol–water partition coefficient (Wildman–Crippen LogP) is 7.30. The zero-order chi connectivity index (χ0) is 21.8. The second kappa shape index (κ2) is 12.9. The number of hydrogen-bond donors (Lipinski definition) is 1. The molecule has 0 saturated carbocycles. The van der Waals surface area contributed by atoms with Gasteiger partial charge in [-0.05, 0) is 48.4 Å².